The number of nitrogens with one attached hydrogen (secondary N) is 1. The molecule has 4 rings (SSSR count). The molecular weight excluding hydrogens is 382 g/mol. The van der Waals surface area contributed by atoms with Crippen LogP contribution < -0.4 is 19.5 Å². The average Bonchev–Trinajstić information content (AvgIpc) is 3.18. The third-order valence-electron chi connectivity index (χ3n) is 5.08. The summed E-state index contributed by atoms with van der Waals surface area (Å²) in [5.41, 5.74) is 2.53. The van der Waals surface area contributed by atoms with Gasteiger partial charge in [0, 0.05) is 29.8 Å². The Bertz CT molecular complexity index is 956. The predicted molar refractivity (Wildman–Crippen MR) is 116 cm³/mol. The van der Waals surface area contributed by atoms with E-state index in [0.29, 0.717) is 49.8 Å². The molecule has 2 aromatic rings. The minimum atomic E-state index is -0.0711. The molecule has 0 fully saturated rings. The fourth-order valence-corrected chi connectivity index (χ4v) is 3.55. The summed E-state index contributed by atoms with van der Waals surface area (Å²) in [7, 11) is 0. The smallest absolute Gasteiger partial charge is 0.224 e. The maximum absolute atomic E-state index is 12.4. The molecule has 1 amide bonds. The van der Waals surface area contributed by atoms with Crippen molar-refractivity contribution in [1.29, 1.82) is 0 Å². The van der Waals surface area contributed by atoms with Crippen LogP contribution in [0.2, 0.25) is 0 Å². The van der Waals surface area contributed by atoms with Crippen LogP contribution in [0.25, 0.3) is 0 Å². The Morgan fingerprint density at radius 2 is 1.83 bits per heavy atom. The highest BCUT2D eigenvalue weighted by Crippen LogP contribution is 2.32. The van der Waals surface area contributed by atoms with E-state index in [0.717, 1.165) is 23.6 Å². The molecule has 0 saturated carbocycles. The number of amides is 1. The Kier molecular flexibility index (Phi) is 6.27. The lowest BCUT2D eigenvalue weighted by molar-refractivity contribution is -0.116. The van der Waals surface area contributed by atoms with Crippen molar-refractivity contribution in [1.82, 2.24) is 0 Å². The highest BCUT2D eigenvalue weighted by Gasteiger charge is 2.26. The Morgan fingerprint density at radius 1 is 1.07 bits per heavy atom. The van der Waals surface area contributed by atoms with Gasteiger partial charge in [-0.1, -0.05) is 25.1 Å². The molecule has 0 aliphatic carbocycles. The van der Waals surface area contributed by atoms with E-state index >= 15 is 0 Å². The molecule has 1 unspecified atom stereocenters. The summed E-state index contributed by atoms with van der Waals surface area (Å²) in [6.45, 7) is 3.55. The first kappa shape index (κ1) is 19.9. The number of hydrogen-bond acceptors (Lipinski definition) is 6. The Hall–Kier alpha value is -3.35. The summed E-state index contributed by atoms with van der Waals surface area (Å²) >= 11 is 0. The zero-order valence-electron chi connectivity index (χ0n) is 17.0. The van der Waals surface area contributed by atoms with Gasteiger partial charge >= 0.3 is 0 Å². The van der Waals surface area contributed by atoms with Gasteiger partial charge in [-0.15, -0.1) is 0 Å². The van der Waals surface area contributed by atoms with Gasteiger partial charge < -0.3 is 19.5 Å². The molecule has 7 nitrogen and oxygen atoms in total. The van der Waals surface area contributed by atoms with Gasteiger partial charge in [-0.3, -0.25) is 4.79 Å². The Labute approximate surface area is 175 Å². The molecule has 2 heterocycles. The molecule has 7 heteroatoms. The van der Waals surface area contributed by atoms with Crippen molar-refractivity contribution < 1.29 is 19.0 Å². The number of benzene rings is 2. The van der Waals surface area contributed by atoms with Crippen molar-refractivity contribution in [3.8, 4) is 17.2 Å². The first-order chi connectivity index (χ1) is 14.7. The minimum absolute atomic E-state index is 0.0711. The van der Waals surface area contributed by atoms with Crippen LogP contribution in [0, 0.1) is 5.92 Å². The molecule has 1 N–H and O–H groups in total. The van der Waals surface area contributed by atoms with Crippen molar-refractivity contribution in [3.63, 3.8) is 0 Å². The zero-order chi connectivity index (χ0) is 20.8. The lowest BCUT2D eigenvalue weighted by Crippen LogP contribution is -2.25. The molecule has 2 aliphatic heterocycles. The molecule has 0 saturated heterocycles. The molecule has 0 spiro atoms. The monoisotopic (exact) mass is 407 g/mol. The number of carbonyl (C=O) groups excluding carboxylic acids is 1. The second-order valence-electron chi connectivity index (χ2n) is 7.15. The van der Waals surface area contributed by atoms with Crippen LogP contribution in [0.15, 0.2) is 58.7 Å². The predicted octanol–water partition coefficient (Wildman–Crippen LogP) is 4.09. The van der Waals surface area contributed by atoms with Gasteiger partial charge in [0.2, 0.25) is 5.91 Å². The van der Waals surface area contributed by atoms with Gasteiger partial charge in [0.05, 0.1) is 5.71 Å². The summed E-state index contributed by atoms with van der Waals surface area (Å²) in [5.74, 6) is 2.21. The third-order valence-corrected chi connectivity index (χ3v) is 5.08. The van der Waals surface area contributed by atoms with Crippen LogP contribution in [0.4, 0.5) is 5.69 Å². The number of fused-ring (bicyclic) bond motifs is 1. The average molecular weight is 407 g/mol. The van der Waals surface area contributed by atoms with Gasteiger partial charge in [0.25, 0.3) is 0 Å². The quantitative estimate of drug-likeness (QED) is 0.715. The summed E-state index contributed by atoms with van der Waals surface area (Å²) in [5, 5.41) is 11.6. The van der Waals surface area contributed by atoms with Crippen LogP contribution in [-0.2, 0) is 4.79 Å². The van der Waals surface area contributed by atoms with Crippen molar-refractivity contribution in [2.24, 2.45) is 16.1 Å². The number of hydrogen-bond donors (Lipinski definition) is 1. The fourth-order valence-electron chi connectivity index (χ4n) is 3.55. The maximum atomic E-state index is 12.4. The summed E-state index contributed by atoms with van der Waals surface area (Å²) in [6.07, 6.45) is 1.78. The van der Waals surface area contributed by atoms with E-state index in [9.17, 15) is 4.79 Å². The SMILES string of the molecule is CCC1C(CCC(=O)Nc2ccc3c(c2)OCCO3)=NN=C1COc1ccccc1. The summed E-state index contributed by atoms with van der Waals surface area (Å²) < 4.78 is 16.9. The number of para-hydroxylation sites is 1. The van der Waals surface area contributed by atoms with Crippen LogP contribution in [0.1, 0.15) is 26.2 Å². The first-order valence-corrected chi connectivity index (χ1v) is 10.2. The van der Waals surface area contributed by atoms with E-state index in [1.165, 1.54) is 0 Å². The highest BCUT2D eigenvalue weighted by atomic mass is 16.6. The van der Waals surface area contributed by atoms with E-state index in [2.05, 4.69) is 22.4 Å². The number of nitrogens with zero attached hydrogens (tertiary/aromatic N) is 2. The van der Waals surface area contributed by atoms with Crippen molar-refractivity contribution >= 4 is 23.0 Å². The molecular formula is C23H25N3O4. The maximum Gasteiger partial charge on any atom is 0.224 e. The van der Waals surface area contributed by atoms with E-state index in [-0.39, 0.29) is 11.8 Å². The molecule has 0 bridgehead atoms. The molecule has 0 radical (unpaired) electrons. The Balaban J connectivity index is 1.26. The molecule has 2 aromatic carbocycles. The van der Waals surface area contributed by atoms with Gasteiger partial charge in [0.1, 0.15) is 25.6 Å². The summed E-state index contributed by atoms with van der Waals surface area (Å²) in [6, 6.07) is 15.1. The van der Waals surface area contributed by atoms with Gasteiger partial charge in [-0.2, -0.15) is 10.2 Å². The van der Waals surface area contributed by atoms with Crippen molar-refractivity contribution in [2.45, 2.75) is 26.2 Å². The standard InChI is InChI=1S/C23H25N3O4/c1-2-18-19(25-26-20(18)15-30-17-6-4-3-5-7-17)9-11-23(27)24-16-8-10-21-22(14-16)29-13-12-28-21/h3-8,10,14,18H,2,9,11-13,15H2,1H3,(H,24,27). The van der Waals surface area contributed by atoms with Crippen molar-refractivity contribution in [2.75, 3.05) is 25.1 Å². The summed E-state index contributed by atoms with van der Waals surface area (Å²) in [4.78, 5) is 12.4. The van der Waals surface area contributed by atoms with Crippen molar-refractivity contribution in [3.05, 3.63) is 48.5 Å². The third kappa shape index (κ3) is 4.79. The molecule has 0 aromatic heterocycles. The van der Waals surface area contributed by atoms with Gasteiger partial charge in [-0.25, -0.2) is 0 Å². The fraction of sp³-hybridized carbons (Fsp3) is 0.348. The van der Waals surface area contributed by atoms with E-state index in [1.807, 2.05) is 42.5 Å². The lowest BCUT2D eigenvalue weighted by atomic mass is 9.93. The van der Waals surface area contributed by atoms with E-state index in [1.54, 1.807) is 6.07 Å². The van der Waals surface area contributed by atoms with Gasteiger partial charge in [0.15, 0.2) is 11.5 Å². The molecule has 30 heavy (non-hydrogen) atoms. The number of anilines is 1. The van der Waals surface area contributed by atoms with Crippen LogP contribution in [0.3, 0.4) is 0 Å². The first-order valence-electron chi connectivity index (χ1n) is 10.2. The normalized spacial score (nSPS) is 17.2. The number of ether oxygens (including phenoxy) is 3. The topological polar surface area (TPSA) is 81.5 Å². The highest BCUT2D eigenvalue weighted by molar-refractivity contribution is 6.11. The lowest BCUT2D eigenvalue weighted by Gasteiger charge is -2.19. The van der Waals surface area contributed by atoms with Crippen LogP contribution >= 0.6 is 0 Å². The number of carbonyl (C=O) groups is 1. The zero-order valence-corrected chi connectivity index (χ0v) is 17.0. The largest absolute Gasteiger partial charge is 0.488 e. The molecule has 1 atom stereocenters. The second-order valence-corrected chi connectivity index (χ2v) is 7.15. The van der Waals surface area contributed by atoms with Crippen LogP contribution in [-0.4, -0.2) is 37.2 Å². The van der Waals surface area contributed by atoms with Gasteiger partial charge in [-0.05, 0) is 37.1 Å². The molecule has 2 aliphatic rings. The van der Waals surface area contributed by atoms with E-state index < -0.39 is 0 Å². The van der Waals surface area contributed by atoms with Crippen LogP contribution in [0.5, 0.6) is 17.2 Å². The minimum Gasteiger partial charge on any atom is -0.488 e. The second kappa shape index (κ2) is 9.43. The van der Waals surface area contributed by atoms with E-state index in [4.69, 9.17) is 14.2 Å². The number of rotatable bonds is 8. The Morgan fingerprint density at radius 3 is 2.63 bits per heavy atom. The molecule has 156 valence electrons.